The number of hydrogen-bond acceptors (Lipinski definition) is 3. The molecule has 0 saturated heterocycles. The van der Waals surface area contributed by atoms with Gasteiger partial charge in [0.25, 0.3) is 0 Å². The Morgan fingerprint density at radius 2 is 1.61 bits per heavy atom. The summed E-state index contributed by atoms with van der Waals surface area (Å²) in [5, 5.41) is 0. The van der Waals surface area contributed by atoms with Crippen LogP contribution >= 0.6 is 0 Å². The Kier molecular flexibility index (Phi) is 4.65. The van der Waals surface area contributed by atoms with Crippen molar-refractivity contribution in [2.75, 3.05) is 7.11 Å². The fourth-order valence-corrected chi connectivity index (χ4v) is 3.21. The largest absolute Gasteiger partial charge is 0.497 e. The summed E-state index contributed by atoms with van der Waals surface area (Å²) in [5.41, 5.74) is 0.0788. The maximum Gasteiger partial charge on any atom is 0.316 e. The third kappa shape index (κ3) is 3.55. The van der Waals surface area contributed by atoms with Crippen LogP contribution in [0.3, 0.4) is 0 Å². The van der Waals surface area contributed by atoms with Crippen LogP contribution in [0.1, 0.15) is 31.2 Å². The van der Waals surface area contributed by atoms with Crippen LogP contribution in [0.2, 0.25) is 0 Å². The SMILES string of the molecule is COc1ccc(Cn2ccn(CC3CCCC3)c(=O)c2=O)cc1. The number of methoxy groups -OCH3 is 1. The van der Waals surface area contributed by atoms with Crippen molar-refractivity contribution in [1.82, 2.24) is 9.13 Å². The highest BCUT2D eigenvalue weighted by Gasteiger charge is 2.16. The molecule has 5 heteroatoms. The van der Waals surface area contributed by atoms with Gasteiger partial charge < -0.3 is 13.9 Å². The molecular weight excluding hydrogens is 292 g/mol. The Hall–Kier alpha value is -2.30. The summed E-state index contributed by atoms with van der Waals surface area (Å²) < 4.78 is 8.16. The first kappa shape index (κ1) is 15.6. The van der Waals surface area contributed by atoms with Crippen molar-refractivity contribution in [3.8, 4) is 5.75 Å². The molecule has 1 aliphatic rings. The lowest BCUT2D eigenvalue weighted by atomic mass is 10.1. The molecule has 23 heavy (non-hydrogen) atoms. The zero-order valence-electron chi connectivity index (χ0n) is 13.4. The second-order valence-electron chi connectivity index (χ2n) is 6.19. The molecule has 1 saturated carbocycles. The van der Waals surface area contributed by atoms with E-state index in [2.05, 4.69) is 0 Å². The molecule has 1 aromatic carbocycles. The zero-order valence-corrected chi connectivity index (χ0v) is 13.4. The molecule has 1 aliphatic carbocycles. The quantitative estimate of drug-likeness (QED) is 0.796. The van der Waals surface area contributed by atoms with Crippen molar-refractivity contribution < 1.29 is 4.74 Å². The maximum absolute atomic E-state index is 12.3. The van der Waals surface area contributed by atoms with E-state index in [0.717, 1.165) is 24.2 Å². The number of ether oxygens (including phenoxy) is 1. The van der Waals surface area contributed by atoms with Gasteiger partial charge in [0.05, 0.1) is 13.7 Å². The smallest absolute Gasteiger partial charge is 0.316 e. The third-order valence-electron chi connectivity index (χ3n) is 4.57. The van der Waals surface area contributed by atoms with E-state index in [1.165, 1.54) is 17.4 Å². The van der Waals surface area contributed by atoms with E-state index < -0.39 is 11.1 Å². The van der Waals surface area contributed by atoms with Gasteiger partial charge in [0, 0.05) is 18.9 Å². The number of nitrogens with zero attached hydrogens (tertiary/aromatic N) is 2. The summed E-state index contributed by atoms with van der Waals surface area (Å²) in [6.45, 7) is 1.06. The van der Waals surface area contributed by atoms with E-state index in [1.54, 1.807) is 24.1 Å². The third-order valence-corrected chi connectivity index (χ3v) is 4.57. The first-order chi connectivity index (χ1) is 11.2. The summed E-state index contributed by atoms with van der Waals surface area (Å²) in [5.74, 6) is 1.30. The van der Waals surface area contributed by atoms with Crippen LogP contribution in [-0.4, -0.2) is 16.2 Å². The summed E-state index contributed by atoms with van der Waals surface area (Å²) in [6, 6.07) is 7.49. The number of aromatic nitrogens is 2. The first-order valence-corrected chi connectivity index (χ1v) is 8.10. The molecule has 1 fully saturated rings. The van der Waals surface area contributed by atoms with Crippen LogP contribution in [0.4, 0.5) is 0 Å². The normalized spacial score (nSPS) is 15.0. The molecule has 5 nitrogen and oxygen atoms in total. The van der Waals surface area contributed by atoms with Crippen molar-refractivity contribution in [2.24, 2.45) is 5.92 Å². The molecule has 0 amide bonds. The molecule has 0 atom stereocenters. The highest BCUT2D eigenvalue weighted by Crippen LogP contribution is 2.25. The molecule has 1 heterocycles. The molecule has 0 radical (unpaired) electrons. The van der Waals surface area contributed by atoms with Gasteiger partial charge in [-0.05, 0) is 36.5 Å². The van der Waals surface area contributed by atoms with Gasteiger partial charge in [-0.2, -0.15) is 0 Å². The lowest BCUT2D eigenvalue weighted by Crippen LogP contribution is -2.41. The Morgan fingerprint density at radius 3 is 2.26 bits per heavy atom. The van der Waals surface area contributed by atoms with Crippen LogP contribution in [0, 0.1) is 5.92 Å². The fourth-order valence-electron chi connectivity index (χ4n) is 3.21. The van der Waals surface area contributed by atoms with Crippen LogP contribution in [-0.2, 0) is 13.1 Å². The number of benzene rings is 1. The molecule has 2 aromatic rings. The second-order valence-corrected chi connectivity index (χ2v) is 6.19. The molecule has 0 spiro atoms. The lowest BCUT2D eigenvalue weighted by molar-refractivity contribution is 0.414. The maximum atomic E-state index is 12.3. The molecular formula is C18H22N2O3. The van der Waals surface area contributed by atoms with Gasteiger partial charge in [0.15, 0.2) is 0 Å². The van der Waals surface area contributed by atoms with Crippen molar-refractivity contribution in [1.29, 1.82) is 0 Å². The Bertz CT molecular complexity index is 768. The van der Waals surface area contributed by atoms with Crippen molar-refractivity contribution in [3.05, 3.63) is 62.9 Å². The lowest BCUT2D eigenvalue weighted by Gasteiger charge is -2.13. The highest BCUT2D eigenvalue weighted by molar-refractivity contribution is 5.27. The van der Waals surface area contributed by atoms with E-state index >= 15 is 0 Å². The van der Waals surface area contributed by atoms with Crippen LogP contribution in [0.15, 0.2) is 46.2 Å². The van der Waals surface area contributed by atoms with E-state index in [1.807, 2.05) is 24.3 Å². The van der Waals surface area contributed by atoms with E-state index in [9.17, 15) is 9.59 Å². The zero-order chi connectivity index (χ0) is 16.2. The standard InChI is InChI=1S/C18H22N2O3/c1-23-16-8-6-15(7-9-16)13-20-11-10-19(17(21)18(20)22)12-14-4-2-3-5-14/h6-11,14H,2-5,12-13H2,1H3. The van der Waals surface area contributed by atoms with Crippen molar-refractivity contribution in [3.63, 3.8) is 0 Å². The molecule has 0 bridgehead atoms. The van der Waals surface area contributed by atoms with Crippen molar-refractivity contribution >= 4 is 0 Å². The second kappa shape index (κ2) is 6.86. The summed E-state index contributed by atoms with van der Waals surface area (Å²) in [7, 11) is 1.61. The highest BCUT2D eigenvalue weighted by atomic mass is 16.5. The topological polar surface area (TPSA) is 53.2 Å². The van der Waals surface area contributed by atoms with Crippen LogP contribution in [0.25, 0.3) is 0 Å². The Balaban J connectivity index is 1.78. The minimum Gasteiger partial charge on any atom is -0.497 e. The average molecular weight is 314 g/mol. The molecule has 0 unspecified atom stereocenters. The predicted molar refractivity (Wildman–Crippen MR) is 89.0 cm³/mol. The van der Waals surface area contributed by atoms with Crippen LogP contribution in [0.5, 0.6) is 5.75 Å². The van der Waals surface area contributed by atoms with E-state index in [-0.39, 0.29) is 0 Å². The van der Waals surface area contributed by atoms with E-state index in [0.29, 0.717) is 19.0 Å². The van der Waals surface area contributed by atoms with Gasteiger partial charge in [-0.25, -0.2) is 0 Å². The summed E-state index contributed by atoms with van der Waals surface area (Å²) in [4.78, 5) is 24.6. The Morgan fingerprint density at radius 1 is 1.00 bits per heavy atom. The van der Waals surface area contributed by atoms with Gasteiger partial charge >= 0.3 is 11.1 Å². The molecule has 0 aliphatic heterocycles. The van der Waals surface area contributed by atoms with Gasteiger partial charge in [-0.15, -0.1) is 0 Å². The first-order valence-electron chi connectivity index (χ1n) is 8.10. The van der Waals surface area contributed by atoms with Gasteiger partial charge in [0.1, 0.15) is 5.75 Å². The molecule has 122 valence electrons. The van der Waals surface area contributed by atoms with E-state index in [4.69, 9.17) is 4.74 Å². The molecule has 3 rings (SSSR count). The van der Waals surface area contributed by atoms with Gasteiger partial charge in [-0.3, -0.25) is 9.59 Å². The predicted octanol–water partition coefficient (Wildman–Crippen LogP) is 2.26. The summed E-state index contributed by atoms with van der Waals surface area (Å²) in [6.07, 6.45) is 8.22. The molecule has 0 N–H and O–H groups in total. The monoisotopic (exact) mass is 314 g/mol. The number of hydrogen-bond donors (Lipinski definition) is 0. The van der Waals surface area contributed by atoms with Crippen LogP contribution < -0.4 is 15.9 Å². The van der Waals surface area contributed by atoms with Gasteiger partial charge in [0.2, 0.25) is 0 Å². The summed E-state index contributed by atoms with van der Waals surface area (Å²) >= 11 is 0. The number of rotatable bonds is 5. The minimum absolute atomic E-state index is 0.391. The van der Waals surface area contributed by atoms with Crippen molar-refractivity contribution in [2.45, 2.75) is 38.8 Å². The minimum atomic E-state index is -0.457. The van der Waals surface area contributed by atoms with Gasteiger partial charge in [-0.1, -0.05) is 25.0 Å². The average Bonchev–Trinajstić information content (AvgIpc) is 3.08. The Labute approximate surface area is 135 Å². The fraction of sp³-hybridized carbons (Fsp3) is 0.444. The molecule has 1 aromatic heterocycles.